The first kappa shape index (κ1) is 23.2. The van der Waals surface area contributed by atoms with Crippen molar-refractivity contribution in [3.05, 3.63) is 58.3 Å². The normalized spacial score (nSPS) is 12.8. The molecule has 0 amide bonds. The molecule has 0 radical (unpaired) electrons. The predicted octanol–water partition coefficient (Wildman–Crippen LogP) is 4.57. The summed E-state index contributed by atoms with van der Waals surface area (Å²) < 4.78 is 5.93. The van der Waals surface area contributed by atoms with Gasteiger partial charge in [0.05, 0.1) is 11.2 Å². The molecule has 0 aliphatic carbocycles. The summed E-state index contributed by atoms with van der Waals surface area (Å²) in [5, 5.41) is 50.7. The molecule has 0 spiro atoms. The summed E-state index contributed by atoms with van der Waals surface area (Å²) >= 11 is 0. The predicted molar refractivity (Wildman–Crippen MR) is 122 cm³/mol. The number of phenols is 4. The van der Waals surface area contributed by atoms with Gasteiger partial charge in [0.15, 0.2) is 5.43 Å². The molecule has 0 aliphatic rings. The third kappa shape index (κ3) is 4.89. The third-order valence-corrected chi connectivity index (χ3v) is 5.56. The average Bonchev–Trinajstić information content (AvgIpc) is 2.65. The van der Waals surface area contributed by atoms with E-state index in [9.17, 15) is 30.3 Å². The second-order valence-electron chi connectivity index (χ2n) is 8.87. The van der Waals surface area contributed by atoms with E-state index in [0.717, 1.165) is 23.8 Å². The van der Waals surface area contributed by atoms with E-state index >= 15 is 0 Å². The average molecular weight is 440 g/mol. The second kappa shape index (κ2) is 8.59. The van der Waals surface area contributed by atoms with Gasteiger partial charge in [0, 0.05) is 23.8 Å². The summed E-state index contributed by atoms with van der Waals surface area (Å²) in [6.45, 7) is 9.30. The van der Waals surface area contributed by atoms with Crippen LogP contribution in [-0.2, 0) is 6.42 Å². The highest BCUT2D eigenvalue weighted by molar-refractivity contribution is 5.89. The van der Waals surface area contributed by atoms with Gasteiger partial charge in [-0.1, -0.05) is 12.2 Å². The number of aromatic hydroxyl groups is 4. The highest BCUT2D eigenvalue weighted by Crippen LogP contribution is 2.39. The lowest BCUT2D eigenvalue weighted by molar-refractivity contribution is 0.0651. The van der Waals surface area contributed by atoms with Gasteiger partial charge in [-0.05, 0) is 58.1 Å². The molecule has 0 saturated heterocycles. The maximum Gasteiger partial charge on any atom is 0.197 e. The molecule has 0 bridgehead atoms. The van der Waals surface area contributed by atoms with E-state index in [1.807, 2.05) is 6.92 Å². The van der Waals surface area contributed by atoms with Gasteiger partial charge in [0.2, 0.25) is 0 Å². The van der Waals surface area contributed by atoms with Gasteiger partial charge < -0.3 is 29.9 Å². The number of hydrogen-bond acceptors (Lipinski definition) is 7. The quantitative estimate of drug-likeness (QED) is 0.340. The molecule has 7 heteroatoms. The van der Waals surface area contributed by atoms with Gasteiger partial charge in [0.25, 0.3) is 0 Å². The van der Waals surface area contributed by atoms with Crippen LogP contribution in [0.2, 0.25) is 0 Å². The highest BCUT2D eigenvalue weighted by Gasteiger charge is 2.24. The van der Waals surface area contributed by atoms with Gasteiger partial charge in [-0.25, -0.2) is 0 Å². The first-order chi connectivity index (χ1) is 14.9. The lowest BCUT2D eigenvalue weighted by Crippen LogP contribution is -2.21. The Balaban J connectivity index is 2.18. The smallest absolute Gasteiger partial charge is 0.197 e. The third-order valence-electron chi connectivity index (χ3n) is 5.56. The van der Waals surface area contributed by atoms with E-state index in [1.165, 1.54) is 12.1 Å². The summed E-state index contributed by atoms with van der Waals surface area (Å²) in [4.78, 5) is 12.8. The van der Waals surface area contributed by atoms with E-state index < -0.39 is 16.8 Å². The molecule has 1 atom stereocenters. The number of aliphatic hydroxyl groups is 1. The van der Waals surface area contributed by atoms with Gasteiger partial charge in [-0.15, -0.1) is 0 Å². The van der Waals surface area contributed by atoms with E-state index in [-0.39, 0.29) is 51.9 Å². The molecular weight excluding hydrogens is 412 g/mol. The molecule has 1 unspecified atom stereocenters. The standard InChI is InChI=1S/C25H28O7/c1-13(2)14(7-8-25(3,4)31)9-17-19(28)11-20(29)23-21(30)12-22(32-24(17)23)16-6-5-15(26)10-18(16)27/h5-6,10-12,14,26-29,31H,1,7-9H2,2-4H3. The maximum atomic E-state index is 12.8. The molecule has 0 fully saturated rings. The Hall–Kier alpha value is -3.45. The number of fused-ring (bicyclic) bond motifs is 1. The minimum Gasteiger partial charge on any atom is -0.508 e. The SMILES string of the molecule is C=C(C)C(CCC(C)(C)O)Cc1c(O)cc(O)c2c(=O)cc(-c3ccc(O)cc3O)oc12. The van der Waals surface area contributed by atoms with Crippen molar-refractivity contribution in [2.45, 2.75) is 45.6 Å². The van der Waals surface area contributed by atoms with E-state index in [2.05, 4.69) is 6.58 Å². The van der Waals surface area contributed by atoms with E-state index in [0.29, 0.717) is 18.4 Å². The van der Waals surface area contributed by atoms with Gasteiger partial charge >= 0.3 is 0 Å². The molecule has 32 heavy (non-hydrogen) atoms. The Morgan fingerprint density at radius 1 is 1.06 bits per heavy atom. The van der Waals surface area contributed by atoms with Gasteiger partial charge in [-0.2, -0.15) is 0 Å². The van der Waals surface area contributed by atoms with Crippen molar-refractivity contribution in [2.24, 2.45) is 5.92 Å². The zero-order valence-corrected chi connectivity index (χ0v) is 18.3. The van der Waals surface area contributed by atoms with Crippen molar-refractivity contribution >= 4 is 11.0 Å². The fourth-order valence-corrected chi connectivity index (χ4v) is 3.71. The molecule has 1 heterocycles. The Labute approximate surface area is 185 Å². The lowest BCUT2D eigenvalue weighted by Gasteiger charge is -2.23. The summed E-state index contributed by atoms with van der Waals surface area (Å²) in [5.74, 6) is -1.20. The first-order valence-electron chi connectivity index (χ1n) is 10.3. The van der Waals surface area contributed by atoms with Crippen molar-refractivity contribution in [2.75, 3.05) is 0 Å². The Kier molecular flexibility index (Phi) is 6.23. The van der Waals surface area contributed by atoms with Crippen LogP contribution in [0.15, 0.2) is 51.7 Å². The number of phenolic OH excluding ortho intramolecular Hbond substituents is 4. The summed E-state index contributed by atoms with van der Waals surface area (Å²) in [6, 6.07) is 6.11. The highest BCUT2D eigenvalue weighted by atomic mass is 16.3. The summed E-state index contributed by atoms with van der Waals surface area (Å²) in [6.07, 6.45) is 1.35. The van der Waals surface area contributed by atoms with Crippen LogP contribution in [-0.4, -0.2) is 31.1 Å². The van der Waals surface area contributed by atoms with Crippen LogP contribution >= 0.6 is 0 Å². The van der Waals surface area contributed by atoms with Crippen LogP contribution in [0.5, 0.6) is 23.0 Å². The molecular formula is C25H28O7. The van der Waals surface area contributed by atoms with Crippen LogP contribution < -0.4 is 5.43 Å². The fraction of sp³-hybridized carbons (Fsp3) is 0.320. The topological polar surface area (TPSA) is 131 Å². The monoisotopic (exact) mass is 440 g/mol. The molecule has 170 valence electrons. The van der Waals surface area contributed by atoms with Crippen molar-refractivity contribution in [3.63, 3.8) is 0 Å². The van der Waals surface area contributed by atoms with Crippen LogP contribution in [0.4, 0.5) is 0 Å². The summed E-state index contributed by atoms with van der Waals surface area (Å²) in [7, 11) is 0. The Bertz CT molecular complexity index is 1230. The van der Waals surface area contributed by atoms with Crippen LogP contribution in [0.1, 0.15) is 39.2 Å². The van der Waals surface area contributed by atoms with Crippen molar-refractivity contribution in [3.8, 4) is 34.3 Å². The zero-order valence-electron chi connectivity index (χ0n) is 18.3. The lowest BCUT2D eigenvalue weighted by atomic mass is 9.85. The Morgan fingerprint density at radius 2 is 1.75 bits per heavy atom. The van der Waals surface area contributed by atoms with Gasteiger partial charge in [-0.3, -0.25) is 4.79 Å². The molecule has 2 aromatic carbocycles. The minimum atomic E-state index is -0.872. The molecule has 7 nitrogen and oxygen atoms in total. The number of allylic oxidation sites excluding steroid dienone is 1. The van der Waals surface area contributed by atoms with Crippen LogP contribution in [0.25, 0.3) is 22.3 Å². The fourth-order valence-electron chi connectivity index (χ4n) is 3.71. The summed E-state index contributed by atoms with van der Waals surface area (Å²) in [5.41, 5.74) is -0.0803. The number of hydrogen-bond donors (Lipinski definition) is 5. The van der Waals surface area contributed by atoms with Crippen molar-refractivity contribution < 1.29 is 29.9 Å². The van der Waals surface area contributed by atoms with E-state index in [1.54, 1.807) is 13.8 Å². The molecule has 1 aromatic heterocycles. The molecule has 3 rings (SSSR count). The molecule has 0 saturated carbocycles. The molecule has 0 aliphatic heterocycles. The zero-order chi connectivity index (χ0) is 23.8. The Morgan fingerprint density at radius 3 is 2.34 bits per heavy atom. The van der Waals surface area contributed by atoms with Gasteiger partial charge in [0.1, 0.15) is 39.7 Å². The molecule has 5 N–H and O–H groups in total. The second-order valence-corrected chi connectivity index (χ2v) is 8.87. The van der Waals surface area contributed by atoms with Crippen LogP contribution in [0.3, 0.4) is 0 Å². The van der Waals surface area contributed by atoms with Crippen LogP contribution in [0, 0.1) is 5.92 Å². The molecule has 3 aromatic rings. The van der Waals surface area contributed by atoms with Crippen molar-refractivity contribution in [1.82, 2.24) is 0 Å². The largest absolute Gasteiger partial charge is 0.508 e. The first-order valence-corrected chi connectivity index (χ1v) is 10.3. The maximum absolute atomic E-state index is 12.8. The van der Waals surface area contributed by atoms with Crippen molar-refractivity contribution in [1.29, 1.82) is 0 Å². The minimum absolute atomic E-state index is 0.00647. The number of rotatable bonds is 7. The van der Waals surface area contributed by atoms with E-state index in [4.69, 9.17) is 4.42 Å². The number of benzene rings is 2.